The van der Waals surface area contributed by atoms with Crippen LogP contribution >= 0.6 is 22.9 Å². The smallest absolute Gasteiger partial charge is 0.261 e. The molecule has 1 N–H and O–H groups in total. The van der Waals surface area contributed by atoms with Crippen LogP contribution in [0.5, 0.6) is 0 Å². The van der Waals surface area contributed by atoms with Gasteiger partial charge in [0.15, 0.2) is 0 Å². The van der Waals surface area contributed by atoms with Gasteiger partial charge in [0.25, 0.3) is 5.91 Å². The van der Waals surface area contributed by atoms with Crippen LogP contribution < -0.4 is 5.32 Å². The number of hydrogen-bond acceptors (Lipinski definition) is 3. The summed E-state index contributed by atoms with van der Waals surface area (Å²) in [6.45, 7) is 1.52. The number of amides is 1. The van der Waals surface area contributed by atoms with Gasteiger partial charge in [0.1, 0.15) is 0 Å². The van der Waals surface area contributed by atoms with Crippen molar-refractivity contribution >= 4 is 34.4 Å². The van der Waals surface area contributed by atoms with Crippen molar-refractivity contribution in [1.29, 1.82) is 0 Å². The molecule has 24 heavy (non-hydrogen) atoms. The molecular formula is C19H17ClN2OS. The second kappa shape index (κ2) is 6.11. The van der Waals surface area contributed by atoms with E-state index in [4.69, 9.17) is 11.6 Å². The van der Waals surface area contributed by atoms with Crippen LogP contribution in [0.2, 0.25) is 5.02 Å². The maximum atomic E-state index is 12.3. The minimum absolute atomic E-state index is 0.0315. The number of rotatable bonds is 2. The Morgan fingerprint density at radius 2 is 2.08 bits per heavy atom. The molecule has 2 aliphatic rings. The van der Waals surface area contributed by atoms with E-state index in [1.165, 1.54) is 11.1 Å². The van der Waals surface area contributed by atoms with Crippen molar-refractivity contribution in [3.8, 4) is 0 Å². The molecule has 5 heteroatoms. The number of allylic oxidation sites excluding steroid dienone is 2. The molecule has 2 aliphatic heterocycles. The zero-order valence-corrected chi connectivity index (χ0v) is 14.8. The normalized spacial score (nSPS) is 19.8. The number of hydrogen-bond donors (Lipinski definition) is 1. The predicted octanol–water partition coefficient (Wildman–Crippen LogP) is 4.12. The lowest BCUT2D eigenvalue weighted by atomic mass is 9.88. The fraction of sp³-hybridized carbons (Fsp3) is 0.211. The fourth-order valence-electron chi connectivity index (χ4n) is 3.12. The number of nitrogens with zero attached hydrogens (tertiary/aromatic N) is 1. The van der Waals surface area contributed by atoms with E-state index in [1.807, 2.05) is 31.3 Å². The Balaban J connectivity index is 1.74. The Morgan fingerprint density at radius 3 is 2.79 bits per heavy atom. The van der Waals surface area contributed by atoms with Gasteiger partial charge in [-0.15, -0.1) is 11.3 Å². The molecule has 1 atom stereocenters. The molecule has 122 valence electrons. The first-order valence-corrected chi connectivity index (χ1v) is 9.07. The molecule has 1 amide bonds. The highest BCUT2D eigenvalue weighted by molar-refractivity contribution is 7.15. The number of likely N-dealkylation sites (N-methyl/N-ethyl adjacent to an activating group) is 1. The first-order chi connectivity index (χ1) is 11.6. The van der Waals surface area contributed by atoms with Gasteiger partial charge in [0.2, 0.25) is 0 Å². The number of thiophene rings is 1. The monoisotopic (exact) mass is 356 g/mol. The summed E-state index contributed by atoms with van der Waals surface area (Å²) < 4.78 is 0. The Morgan fingerprint density at radius 1 is 1.29 bits per heavy atom. The highest BCUT2D eigenvalue weighted by atomic mass is 35.5. The molecule has 4 rings (SSSR count). The summed E-state index contributed by atoms with van der Waals surface area (Å²) in [6, 6.07) is 10.1. The average molecular weight is 357 g/mol. The number of carbonyl (C=O) groups excluding carboxylic acids is 1. The summed E-state index contributed by atoms with van der Waals surface area (Å²) in [6.07, 6.45) is 6.38. The van der Waals surface area contributed by atoms with Gasteiger partial charge in [-0.05, 0) is 47.2 Å². The van der Waals surface area contributed by atoms with Crippen molar-refractivity contribution in [3.05, 3.63) is 74.6 Å². The number of fused-ring (bicyclic) bond motifs is 1. The van der Waals surface area contributed by atoms with Crippen molar-refractivity contribution in [3.63, 3.8) is 0 Å². The second-order valence-corrected chi connectivity index (χ2v) is 7.61. The summed E-state index contributed by atoms with van der Waals surface area (Å²) in [7, 11) is 2.05. The molecular weight excluding hydrogens is 340 g/mol. The third kappa shape index (κ3) is 2.76. The van der Waals surface area contributed by atoms with Crippen LogP contribution in [-0.2, 0) is 0 Å². The van der Waals surface area contributed by atoms with Gasteiger partial charge in [-0.2, -0.15) is 0 Å². The van der Waals surface area contributed by atoms with E-state index in [0.29, 0.717) is 6.54 Å². The second-order valence-electron chi connectivity index (χ2n) is 6.12. The van der Waals surface area contributed by atoms with Gasteiger partial charge in [0.05, 0.1) is 4.88 Å². The summed E-state index contributed by atoms with van der Waals surface area (Å²) in [5.74, 6) is 0.208. The van der Waals surface area contributed by atoms with E-state index in [1.54, 1.807) is 11.3 Å². The molecule has 3 nitrogen and oxygen atoms in total. The molecule has 0 fully saturated rings. The number of halogens is 1. The lowest BCUT2D eigenvalue weighted by Gasteiger charge is -2.23. The van der Waals surface area contributed by atoms with Crippen LogP contribution in [0.25, 0.3) is 5.57 Å². The Labute approximate surface area is 150 Å². The van der Waals surface area contributed by atoms with Gasteiger partial charge < -0.3 is 10.2 Å². The Hall–Kier alpha value is -2.04. The standard InChI is InChI=1S/C19H17ClN2OS/c1-22-8-6-13(7-9-22)17-10-15-16(11-21-19(23)18(15)24-17)12-2-4-14(20)5-3-12/h2-8,10,16H,9,11H2,1H3,(H,21,23). The van der Waals surface area contributed by atoms with Crippen LogP contribution in [0, 0.1) is 0 Å². The molecule has 0 radical (unpaired) electrons. The summed E-state index contributed by atoms with van der Waals surface area (Å²) in [4.78, 5) is 16.4. The Bertz CT molecular complexity index is 851. The SMILES string of the molecule is CN1C=CC(c2cc3c(s2)C(=O)NCC3c2ccc(Cl)cc2)=CC1. The van der Waals surface area contributed by atoms with Crippen LogP contribution in [-0.4, -0.2) is 30.9 Å². The topological polar surface area (TPSA) is 32.3 Å². The predicted molar refractivity (Wildman–Crippen MR) is 99.7 cm³/mol. The summed E-state index contributed by atoms with van der Waals surface area (Å²) in [5.41, 5.74) is 3.49. The molecule has 0 saturated carbocycles. The molecule has 1 unspecified atom stereocenters. The molecule has 0 saturated heterocycles. The highest BCUT2D eigenvalue weighted by Gasteiger charge is 2.29. The van der Waals surface area contributed by atoms with Crippen LogP contribution in [0.15, 0.2) is 48.7 Å². The minimum Gasteiger partial charge on any atom is -0.377 e. The number of nitrogens with one attached hydrogen (secondary N) is 1. The largest absolute Gasteiger partial charge is 0.377 e. The number of benzene rings is 1. The van der Waals surface area contributed by atoms with Crippen molar-refractivity contribution in [2.45, 2.75) is 5.92 Å². The Kier molecular flexibility index (Phi) is 3.94. The van der Waals surface area contributed by atoms with Crippen LogP contribution in [0.1, 0.15) is 31.6 Å². The molecule has 1 aromatic heterocycles. The van der Waals surface area contributed by atoms with E-state index < -0.39 is 0 Å². The molecule has 0 bridgehead atoms. The van der Waals surface area contributed by atoms with Gasteiger partial charge in [-0.3, -0.25) is 4.79 Å². The molecule has 3 heterocycles. The van der Waals surface area contributed by atoms with Crippen molar-refractivity contribution in [1.82, 2.24) is 10.2 Å². The van der Waals surface area contributed by atoms with E-state index in [-0.39, 0.29) is 11.8 Å². The van der Waals surface area contributed by atoms with Crippen LogP contribution in [0.4, 0.5) is 0 Å². The van der Waals surface area contributed by atoms with E-state index in [2.05, 4.69) is 34.6 Å². The number of carbonyl (C=O) groups is 1. The zero-order valence-electron chi connectivity index (χ0n) is 13.3. The average Bonchev–Trinajstić information content (AvgIpc) is 3.03. The van der Waals surface area contributed by atoms with Crippen molar-refractivity contribution in [2.24, 2.45) is 0 Å². The van der Waals surface area contributed by atoms with Gasteiger partial charge in [-0.25, -0.2) is 0 Å². The third-order valence-electron chi connectivity index (χ3n) is 4.47. The van der Waals surface area contributed by atoms with E-state index in [0.717, 1.165) is 26.9 Å². The van der Waals surface area contributed by atoms with Crippen LogP contribution in [0.3, 0.4) is 0 Å². The molecule has 2 aromatic rings. The van der Waals surface area contributed by atoms with Gasteiger partial charge in [-0.1, -0.05) is 29.8 Å². The first kappa shape index (κ1) is 15.5. The van der Waals surface area contributed by atoms with Crippen molar-refractivity contribution < 1.29 is 4.79 Å². The summed E-state index contributed by atoms with van der Waals surface area (Å²) in [5, 5.41) is 3.75. The molecule has 0 spiro atoms. The lowest BCUT2D eigenvalue weighted by molar-refractivity contribution is 0.0947. The maximum absolute atomic E-state index is 12.3. The third-order valence-corrected chi connectivity index (χ3v) is 5.92. The zero-order chi connectivity index (χ0) is 16.7. The van der Waals surface area contributed by atoms with E-state index in [9.17, 15) is 4.79 Å². The summed E-state index contributed by atoms with van der Waals surface area (Å²) >= 11 is 7.58. The highest BCUT2D eigenvalue weighted by Crippen LogP contribution is 2.38. The van der Waals surface area contributed by atoms with E-state index >= 15 is 0 Å². The molecule has 0 aliphatic carbocycles. The lowest BCUT2D eigenvalue weighted by Crippen LogP contribution is -2.34. The quantitative estimate of drug-likeness (QED) is 0.877. The van der Waals surface area contributed by atoms with Gasteiger partial charge in [0, 0.05) is 36.0 Å². The van der Waals surface area contributed by atoms with Gasteiger partial charge >= 0.3 is 0 Å². The molecule has 1 aromatic carbocycles. The maximum Gasteiger partial charge on any atom is 0.261 e. The fourth-order valence-corrected chi connectivity index (χ4v) is 4.41. The minimum atomic E-state index is 0.0315. The van der Waals surface area contributed by atoms with Crippen molar-refractivity contribution in [2.75, 3.05) is 20.1 Å². The first-order valence-electron chi connectivity index (χ1n) is 7.88.